The molecule has 0 radical (unpaired) electrons. The van der Waals surface area contributed by atoms with Crippen LogP contribution in [0.5, 0.6) is 0 Å². The first kappa shape index (κ1) is 15.8. The van der Waals surface area contributed by atoms with Crippen molar-refractivity contribution in [2.75, 3.05) is 18.9 Å². The van der Waals surface area contributed by atoms with Crippen molar-refractivity contribution in [1.29, 1.82) is 0 Å². The number of aliphatic hydroxyl groups is 1. The second kappa shape index (κ2) is 6.78. The zero-order valence-electron chi connectivity index (χ0n) is 11.4. The molecule has 0 fully saturated rings. The van der Waals surface area contributed by atoms with Gasteiger partial charge in [-0.15, -0.1) is 0 Å². The van der Waals surface area contributed by atoms with Gasteiger partial charge in [0, 0.05) is 28.2 Å². The molecule has 0 aliphatic heterocycles. The number of nitrogens with one attached hydrogen (secondary N) is 1. The Labute approximate surface area is 118 Å². The van der Waals surface area contributed by atoms with Gasteiger partial charge < -0.3 is 16.2 Å². The van der Waals surface area contributed by atoms with Gasteiger partial charge in [-0.3, -0.25) is 4.79 Å². The summed E-state index contributed by atoms with van der Waals surface area (Å²) in [6, 6.07) is 4.75. The van der Waals surface area contributed by atoms with E-state index in [0.717, 1.165) is 12.8 Å². The summed E-state index contributed by atoms with van der Waals surface area (Å²) in [6.45, 7) is 4.49. The van der Waals surface area contributed by atoms with Crippen LogP contribution >= 0.6 is 11.6 Å². The lowest BCUT2D eigenvalue weighted by Gasteiger charge is -2.29. The monoisotopic (exact) mass is 284 g/mol. The molecule has 106 valence electrons. The average Bonchev–Trinajstić information content (AvgIpc) is 2.39. The van der Waals surface area contributed by atoms with Gasteiger partial charge in [0.2, 0.25) is 0 Å². The van der Waals surface area contributed by atoms with E-state index < -0.39 is 0 Å². The van der Waals surface area contributed by atoms with Crippen LogP contribution in [0.3, 0.4) is 0 Å². The van der Waals surface area contributed by atoms with Gasteiger partial charge in [0.05, 0.1) is 6.61 Å². The molecule has 4 nitrogen and oxygen atoms in total. The standard InChI is InChI=1S/C14H21ClN2O2/c1-3-14(4-2,9-18)8-17-13(19)10-5-11(15)7-12(16)6-10/h5-7,18H,3-4,8-9,16H2,1-2H3,(H,17,19). The number of aliphatic hydroxyl groups excluding tert-OH is 1. The molecule has 19 heavy (non-hydrogen) atoms. The maximum Gasteiger partial charge on any atom is 0.251 e. The Morgan fingerprint density at radius 1 is 1.37 bits per heavy atom. The van der Waals surface area contributed by atoms with E-state index in [1.165, 1.54) is 0 Å². The molecule has 5 heteroatoms. The van der Waals surface area contributed by atoms with Gasteiger partial charge >= 0.3 is 0 Å². The molecule has 1 aromatic carbocycles. The van der Waals surface area contributed by atoms with Gasteiger partial charge in [-0.2, -0.15) is 0 Å². The summed E-state index contributed by atoms with van der Waals surface area (Å²) in [5.74, 6) is -0.228. The van der Waals surface area contributed by atoms with Crippen LogP contribution in [0, 0.1) is 5.41 Å². The van der Waals surface area contributed by atoms with Crippen LogP contribution in [0.25, 0.3) is 0 Å². The predicted molar refractivity (Wildman–Crippen MR) is 78.3 cm³/mol. The second-order valence-corrected chi connectivity index (χ2v) is 5.26. The first-order chi connectivity index (χ1) is 8.96. The van der Waals surface area contributed by atoms with Gasteiger partial charge in [0.15, 0.2) is 0 Å². The molecular weight excluding hydrogens is 264 g/mol. The van der Waals surface area contributed by atoms with Crippen LogP contribution in [0.1, 0.15) is 37.0 Å². The molecule has 1 aromatic rings. The Morgan fingerprint density at radius 3 is 2.47 bits per heavy atom. The highest BCUT2D eigenvalue weighted by Gasteiger charge is 2.26. The molecular formula is C14H21ClN2O2. The summed E-state index contributed by atoms with van der Waals surface area (Å²) >= 11 is 5.87. The van der Waals surface area contributed by atoms with Crippen LogP contribution in [0.4, 0.5) is 5.69 Å². The first-order valence-electron chi connectivity index (χ1n) is 6.41. The molecule has 0 heterocycles. The minimum atomic E-state index is -0.264. The third kappa shape index (κ3) is 4.11. The molecule has 0 bridgehead atoms. The average molecular weight is 285 g/mol. The second-order valence-electron chi connectivity index (χ2n) is 4.82. The molecule has 4 N–H and O–H groups in total. The fourth-order valence-corrected chi connectivity index (χ4v) is 2.14. The van der Waals surface area contributed by atoms with Crippen molar-refractivity contribution in [3.63, 3.8) is 0 Å². The van der Waals surface area contributed by atoms with Crippen molar-refractivity contribution in [3.05, 3.63) is 28.8 Å². The normalized spacial score (nSPS) is 11.4. The zero-order chi connectivity index (χ0) is 14.5. The van der Waals surface area contributed by atoms with Gasteiger partial charge in [-0.05, 0) is 31.0 Å². The lowest BCUT2D eigenvalue weighted by atomic mass is 9.83. The van der Waals surface area contributed by atoms with Gasteiger partial charge in [0.25, 0.3) is 5.91 Å². The fraction of sp³-hybridized carbons (Fsp3) is 0.500. The van der Waals surface area contributed by atoms with E-state index in [0.29, 0.717) is 22.8 Å². The highest BCUT2D eigenvalue weighted by Crippen LogP contribution is 2.24. The Morgan fingerprint density at radius 2 is 2.00 bits per heavy atom. The molecule has 0 unspecified atom stereocenters. The molecule has 1 amide bonds. The Balaban J connectivity index is 2.74. The largest absolute Gasteiger partial charge is 0.399 e. The minimum absolute atomic E-state index is 0.0535. The summed E-state index contributed by atoms with van der Waals surface area (Å²) in [7, 11) is 0. The minimum Gasteiger partial charge on any atom is -0.399 e. The van der Waals surface area contributed by atoms with E-state index in [4.69, 9.17) is 17.3 Å². The third-order valence-corrected chi connectivity index (χ3v) is 3.86. The predicted octanol–water partition coefficient (Wildman–Crippen LogP) is 2.45. The number of nitrogens with two attached hydrogens (primary N) is 1. The van der Waals surface area contributed by atoms with E-state index in [2.05, 4.69) is 5.32 Å². The van der Waals surface area contributed by atoms with E-state index >= 15 is 0 Å². The number of halogens is 1. The topological polar surface area (TPSA) is 75.3 Å². The van der Waals surface area contributed by atoms with E-state index in [1.807, 2.05) is 13.8 Å². The van der Waals surface area contributed by atoms with Crippen LogP contribution in [0.2, 0.25) is 5.02 Å². The van der Waals surface area contributed by atoms with Gasteiger partial charge in [-0.25, -0.2) is 0 Å². The van der Waals surface area contributed by atoms with Crippen molar-refractivity contribution < 1.29 is 9.90 Å². The fourth-order valence-electron chi connectivity index (χ4n) is 1.89. The molecule has 0 aliphatic rings. The number of carbonyl (C=O) groups is 1. The molecule has 0 atom stereocenters. The van der Waals surface area contributed by atoms with Crippen LogP contribution in [-0.2, 0) is 0 Å². The van der Waals surface area contributed by atoms with Crippen molar-refractivity contribution in [3.8, 4) is 0 Å². The summed E-state index contributed by atoms with van der Waals surface area (Å²) in [5, 5.41) is 12.7. The zero-order valence-corrected chi connectivity index (χ0v) is 12.1. The molecule has 0 spiro atoms. The summed E-state index contributed by atoms with van der Waals surface area (Å²) in [6.07, 6.45) is 1.61. The highest BCUT2D eigenvalue weighted by molar-refractivity contribution is 6.31. The lowest BCUT2D eigenvalue weighted by molar-refractivity contribution is 0.0851. The Hall–Kier alpha value is -1.26. The molecule has 0 aliphatic carbocycles. The number of hydrogen-bond acceptors (Lipinski definition) is 3. The number of amides is 1. The van der Waals surface area contributed by atoms with Crippen molar-refractivity contribution in [2.24, 2.45) is 5.41 Å². The smallest absolute Gasteiger partial charge is 0.251 e. The number of benzene rings is 1. The highest BCUT2D eigenvalue weighted by atomic mass is 35.5. The molecule has 0 saturated carbocycles. The van der Waals surface area contributed by atoms with Gasteiger partial charge in [0.1, 0.15) is 0 Å². The number of anilines is 1. The summed E-state index contributed by atoms with van der Waals surface area (Å²) in [4.78, 5) is 12.0. The van der Waals surface area contributed by atoms with E-state index in [-0.39, 0.29) is 17.9 Å². The number of hydrogen-bond donors (Lipinski definition) is 3. The number of nitrogen functional groups attached to an aromatic ring is 1. The van der Waals surface area contributed by atoms with Gasteiger partial charge in [-0.1, -0.05) is 25.4 Å². The van der Waals surface area contributed by atoms with E-state index in [9.17, 15) is 9.90 Å². The maximum atomic E-state index is 12.0. The van der Waals surface area contributed by atoms with Crippen molar-refractivity contribution in [2.45, 2.75) is 26.7 Å². The third-order valence-electron chi connectivity index (χ3n) is 3.64. The molecule has 1 rings (SSSR count). The maximum absolute atomic E-state index is 12.0. The quantitative estimate of drug-likeness (QED) is 0.702. The molecule has 0 aromatic heterocycles. The summed E-state index contributed by atoms with van der Waals surface area (Å²) in [5.41, 5.74) is 6.28. The number of rotatable bonds is 6. The molecule has 0 saturated heterocycles. The summed E-state index contributed by atoms with van der Waals surface area (Å²) < 4.78 is 0. The van der Waals surface area contributed by atoms with Crippen LogP contribution in [0.15, 0.2) is 18.2 Å². The van der Waals surface area contributed by atoms with Crippen molar-refractivity contribution >= 4 is 23.2 Å². The van der Waals surface area contributed by atoms with Crippen LogP contribution in [-0.4, -0.2) is 24.2 Å². The van der Waals surface area contributed by atoms with E-state index in [1.54, 1.807) is 18.2 Å². The Bertz CT molecular complexity index is 417. The van der Waals surface area contributed by atoms with Crippen molar-refractivity contribution in [1.82, 2.24) is 5.32 Å². The SMILES string of the molecule is CCC(CC)(CO)CNC(=O)c1cc(N)cc(Cl)c1. The first-order valence-corrected chi connectivity index (χ1v) is 6.79. The Kier molecular flexibility index (Phi) is 5.63. The van der Waals surface area contributed by atoms with Crippen LogP contribution < -0.4 is 11.1 Å². The lowest BCUT2D eigenvalue weighted by Crippen LogP contribution is -2.39. The number of carbonyl (C=O) groups excluding carboxylic acids is 1.